The van der Waals surface area contributed by atoms with Crippen LogP contribution in [0, 0.1) is 23.3 Å². The third kappa shape index (κ3) is 3.25. The highest BCUT2D eigenvalue weighted by Crippen LogP contribution is 2.41. The lowest BCUT2D eigenvalue weighted by molar-refractivity contribution is -0.574. The standard InChI is InChI=1S/C11H3F10O3/c12-4-1-5(13)7(15)6(14)3(4)2-24-8(22)9(23,10(16,17)18)11(19,20)21/h1H,2H2/q-1. The van der Waals surface area contributed by atoms with Gasteiger partial charge in [0.05, 0.1) is 5.56 Å². The summed E-state index contributed by atoms with van der Waals surface area (Å²) in [6.07, 6.45) is -13.4. The molecule has 0 aliphatic carbocycles. The van der Waals surface area contributed by atoms with Gasteiger partial charge in [-0.15, -0.1) is 0 Å². The average Bonchev–Trinajstić information content (AvgIpc) is 2.41. The molecule has 0 aliphatic rings. The summed E-state index contributed by atoms with van der Waals surface area (Å²) < 4.78 is 129. The lowest BCUT2D eigenvalue weighted by Crippen LogP contribution is -2.71. The van der Waals surface area contributed by atoms with Crippen molar-refractivity contribution in [2.45, 2.75) is 24.6 Å². The van der Waals surface area contributed by atoms with Gasteiger partial charge in [0.25, 0.3) is 0 Å². The number of alkyl halides is 6. The van der Waals surface area contributed by atoms with E-state index in [1.807, 2.05) is 0 Å². The highest BCUT2D eigenvalue weighted by atomic mass is 19.4. The quantitative estimate of drug-likeness (QED) is 0.354. The van der Waals surface area contributed by atoms with Gasteiger partial charge in [-0.2, -0.15) is 26.3 Å². The molecule has 136 valence electrons. The SMILES string of the molecule is O=C(OCc1c(F)cc(F)c(F)c1F)C([O-])(C(F)(F)F)C(F)(F)F. The van der Waals surface area contributed by atoms with Crippen LogP contribution in [-0.2, 0) is 16.1 Å². The summed E-state index contributed by atoms with van der Waals surface area (Å²) in [6.45, 7) is -2.01. The van der Waals surface area contributed by atoms with Gasteiger partial charge >= 0.3 is 18.3 Å². The monoisotopic (exact) mass is 373 g/mol. The maximum Gasteiger partial charge on any atom is 0.399 e. The first kappa shape index (κ1) is 20.0. The molecule has 1 aromatic rings. The molecule has 13 heteroatoms. The first-order valence-electron chi connectivity index (χ1n) is 5.47. The van der Waals surface area contributed by atoms with Crippen molar-refractivity contribution in [1.82, 2.24) is 0 Å². The maximum absolute atomic E-state index is 13.2. The van der Waals surface area contributed by atoms with Gasteiger partial charge in [-0.05, 0) is 0 Å². The van der Waals surface area contributed by atoms with Crippen molar-refractivity contribution in [2.75, 3.05) is 0 Å². The van der Waals surface area contributed by atoms with E-state index in [0.717, 1.165) is 0 Å². The van der Waals surface area contributed by atoms with Crippen molar-refractivity contribution in [1.29, 1.82) is 0 Å². The molecule has 0 atom stereocenters. The van der Waals surface area contributed by atoms with Crippen molar-refractivity contribution in [2.24, 2.45) is 0 Å². The Hall–Kier alpha value is -2.05. The van der Waals surface area contributed by atoms with Gasteiger partial charge in [0, 0.05) is 6.07 Å². The van der Waals surface area contributed by atoms with Crippen LogP contribution in [0.25, 0.3) is 0 Å². The Kier molecular flexibility index (Phi) is 5.09. The van der Waals surface area contributed by atoms with E-state index in [2.05, 4.69) is 4.74 Å². The van der Waals surface area contributed by atoms with E-state index in [9.17, 15) is 53.8 Å². The Morgan fingerprint density at radius 2 is 1.38 bits per heavy atom. The summed E-state index contributed by atoms with van der Waals surface area (Å²) in [4.78, 5) is 10.9. The van der Waals surface area contributed by atoms with Gasteiger partial charge in [0.2, 0.25) is 0 Å². The van der Waals surface area contributed by atoms with Crippen LogP contribution in [0.3, 0.4) is 0 Å². The largest absolute Gasteiger partial charge is 0.828 e. The number of hydrogen-bond acceptors (Lipinski definition) is 3. The fourth-order valence-electron chi connectivity index (χ4n) is 1.37. The highest BCUT2D eigenvalue weighted by Gasteiger charge is 2.68. The molecule has 0 saturated heterocycles. The number of halogens is 10. The Labute approximate surface area is 125 Å². The van der Waals surface area contributed by atoms with Crippen LogP contribution >= 0.6 is 0 Å². The van der Waals surface area contributed by atoms with E-state index in [1.54, 1.807) is 0 Å². The number of carbonyl (C=O) groups is 1. The third-order valence-corrected chi connectivity index (χ3v) is 2.64. The maximum atomic E-state index is 13.2. The normalized spacial score (nSPS) is 13.1. The molecule has 0 bridgehead atoms. The predicted octanol–water partition coefficient (Wildman–Crippen LogP) is 2.51. The molecular formula is C11H3F10O3-. The second kappa shape index (κ2) is 6.11. The molecule has 0 aliphatic heterocycles. The number of carbonyl (C=O) groups excluding carboxylic acids is 1. The number of esters is 1. The molecule has 0 spiro atoms. The van der Waals surface area contributed by atoms with E-state index in [0.29, 0.717) is 0 Å². The summed E-state index contributed by atoms with van der Waals surface area (Å²) in [5.74, 6) is -12.2. The van der Waals surface area contributed by atoms with E-state index >= 15 is 0 Å². The van der Waals surface area contributed by atoms with Gasteiger partial charge in [-0.3, -0.25) is 4.79 Å². The van der Waals surface area contributed by atoms with Crippen LogP contribution in [0.1, 0.15) is 5.56 Å². The van der Waals surface area contributed by atoms with E-state index in [4.69, 9.17) is 0 Å². The molecule has 3 nitrogen and oxygen atoms in total. The van der Waals surface area contributed by atoms with Crippen molar-refractivity contribution < 1.29 is 58.5 Å². The van der Waals surface area contributed by atoms with E-state index in [1.165, 1.54) is 0 Å². The minimum absolute atomic E-state index is 0.292. The van der Waals surface area contributed by atoms with Crippen LogP contribution < -0.4 is 5.11 Å². The topological polar surface area (TPSA) is 49.4 Å². The summed E-state index contributed by atoms with van der Waals surface area (Å²) in [5.41, 5.74) is -7.92. The Morgan fingerprint density at radius 1 is 0.917 bits per heavy atom. The van der Waals surface area contributed by atoms with Gasteiger partial charge in [0.15, 0.2) is 23.1 Å². The molecule has 0 saturated carbocycles. The fraction of sp³-hybridized carbons (Fsp3) is 0.364. The van der Waals surface area contributed by atoms with Crippen LogP contribution in [0.15, 0.2) is 6.07 Å². The van der Waals surface area contributed by atoms with Crippen molar-refractivity contribution in [3.8, 4) is 0 Å². The second-order valence-corrected chi connectivity index (χ2v) is 4.20. The molecule has 0 fully saturated rings. The zero-order valence-corrected chi connectivity index (χ0v) is 10.8. The van der Waals surface area contributed by atoms with Crippen LogP contribution in [-0.4, -0.2) is 23.9 Å². The molecule has 0 heterocycles. The summed E-state index contributed by atoms with van der Waals surface area (Å²) in [6, 6.07) is -0.292. The fourth-order valence-corrected chi connectivity index (χ4v) is 1.37. The molecule has 0 amide bonds. The lowest BCUT2D eigenvalue weighted by Gasteiger charge is -2.40. The van der Waals surface area contributed by atoms with Crippen molar-refractivity contribution in [3.05, 3.63) is 34.9 Å². The van der Waals surface area contributed by atoms with Crippen molar-refractivity contribution in [3.63, 3.8) is 0 Å². The molecule has 0 radical (unpaired) electrons. The minimum Gasteiger partial charge on any atom is -0.828 e. The Bertz CT molecular complexity index is 635. The van der Waals surface area contributed by atoms with Crippen LogP contribution in [0.2, 0.25) is 0 Å². The highest BCUT2D eigenvalue weighted by molar-refractivity contribution is 5.81. The molecular weight excluding hydrogens is 370 g/mol. The minimum atomic E-state index is -6.69. The second-order valence-electron chi connectivity index (χ2n) is 4.20. The first-order valence-corrected chi connectivity index (χ1v) is 5.47. The number of rotatable bonds is 3. The molecule has 0 unspecified atom stereocenters. The average molecular weight is 373 g/mol. The van der Waals surface area contributed by atoms with Crippen LogP contribution in [0.4, 0.5) is 43.9 Å². The zero-order chi connectivity index (χ0) is 19.1. The number of hydrogen-bond donors (Lipinski definition) is 0. The van der Waals surface area contributed by atoms with Gasteiger partial charge in [0.1, 0.15) is 12.4 Å². The Morgan fingerprint density at radius 3 is 1.79 bits per heavy atom. The third-order valence-electron chi connectivity index (χ3n) is 2.64. The molecule has 0 aromatic heterocycles. The molecule has 24 heavy (non-hydrogen) atoms. The molecule has 1 aromatic carbocycles. The lowest BCUT2D eigenvalue weighted by atomic mass is 10.0. The van der Waals surface area contributed by atoms with Gasteiger partial charge in [-0.1, -0.05) is 0 Å². The van der Waals surface area contributed by atoms with E-state index in [-0.39, 0.29) is 6.07 Å². The van der Waals surface area contributed by atoms with Crippen LogP contribution in [0.5, 0.6) is 0 Å². The van der Waals surface area contributed by atoms with E-state index < -0.39 is 59.4 Å². The van der Waals surface area contributed by atoms with Gasteiger partial charge in [-0.25, -0.2) is 17.6 Å². The number of benzene rings is 1. The smallest absolute Gasteiger partial charge is 0.399 e. The predicted molar refractivity (Wildman–Crippen MR) is 50.9 cm³/mol. The summed E-state index contributed by atoms with van der Waals surface area (Å²) in [7, 11) is 0. The first-order chi connectivity index (χ1) is 10.6. The van der Waals surface area contributed by atoms with Gasteiger partial charge < -0.3 is 9.84 Å². The molecule has 1 rings (SSSR count). The van der Waals surface area contributed by atoms with Crippen molar-refractivity contribution >= 4 is 5.97 Å². The zero-order valence-electron chi connectivity index (χ0n) is 10.8. The molecule has 0 N–H and O–H groups in total. The summed E-state index contributed by atoms with van der Waals surface area (Å²) in [5, 5.41) is 10.9. The summed E-state index contributed by atoms with van der Waals surface area (Å²) >= 11 is 0. The Balaban J connectivity index is 3.15. The number of ether oxygens (including phenoxy) is 1.